The number of sulfone groups is 1. The molecule has 7 heteroatoms. The van der Waals surface area contributed by atoms with Crippen LogP contribution in [-0.2, 0) is 19.4 Å². The minimum Gasteiger partial charge on any atom is -0.481 e. The van der Waals surface area contributed by atoms with Crippen LogP contribution < -0.4 is 5.32 Å². The van der Waals surface area contributed by atoms with E-state index in [9.17, 15) is 18.0 Å². The highest BCUT2D eigenvalue weighted by molar-refractivity contribution is 7.91. The summed E-state index contributed by atoms with van der Waals surface area (Å²) >= 11 is 0. The molecule has 1 amide bonds. The van der Waals surface area contributed by atoms with Gasteiger partial charge in [0, 0.05) is 12.3 Å². The topological polar surface area (TPSA) is 101 Å². The first kappa shape index (κ1) is 15.9. The molecular formula is C12H21NO5S. The smallest absolute Gasteiger partial charge is 0.307 e. The lowest BCUT2D eigenvalue weighted by Gasteiger charge is -2.27. The number of amides is 1. The maximum atomic E-state index is 11.9. The highest BCUT2D eigenvalue weighted by atomic mass is 32.2. The molecule has 0 aromatic carbocycles. The second kappa shape index (κ2) is 6.88. The summed E-state index contributed by atoms with van der Waals surface area (Å²) in [4.78, 5) is 23.0. The van der Waals surface area contributed by atoms with E-state index in [4.69, 9.17) is 5.11 Å². The number of carbonyl (C=O) groups is 2. The van der Waals surface area contributed by atoms with Crippen molar-refractivity contribution in [2.75, 3.05) is 18.1 Å². The van der Waals surface area contributed by atoms with Gasteiger partial charge in [0.25, 0.3) is 0 Å². The zero-order valence-electron chi connectivity index (χ0n) is 11.1. The fourth-order valence-corrected chi connectivity index (χ4v) is 3.05. The molecule has 0 bridgehead atoms. The molecule has 1 aliphatic carbocycles. The number of rotatable bonds is 6. The summed E-state index contributed by atoms with van der Waals surface area (Å²) in [5.41, 5.74) is 0. The van der Waals surface area contributed by atoms with Crippen molar-refractivity contribution < 1.29 is 23.1 Å². The maximum Gasteiger partial charge on any atom is 0.307 e. The molecule has 0 radical (unpaired) electrons. The van der Waals surface area contributed by atoms with E-state index in [1.54, 1.807) is 6.92 Å². The van der Waals surface area contributed by atoms with E-state index in [0.29, 0.717) is 12.8 Å². The lowest BCUT2D eigenvalue weighted by atomic mass is 9.79. The second-order valence-electron chi connectivity index (χ2n) is 4.86. The highest BCUT2D eigenvalue weighted by Gasteiger charge is 2.35. The van der Waals surface area contributed by atoms with Crippen LogP contribution >= 0.6 is 0 Å². The van der Waals surface area contributed by atoms with Crippen LogP contribution in [0.25, 0.3) is 0 Å². The number of hydrogen-bond donors (Lipinski definition) is 2. The standard InChI is InChI=1S/C12H21NO5S/c1-2-19(17,18)8-7-13-11(14)9-5-3-4-6-10(9)12(15)16/h9-10H,2-8H2,1H3,(H,13,14)(H,15,16)/t9-,10+/m1/s1. The van der Waals surface area contributed by atoms with Crippen LogP contribution in [0.2, 0.25) is 0 Å². The van der Waals surface area contributed by atoms with Crippen molar-refractivity contribution in [2.45, 2.75) is 32.6 Å². The van der Waals surface area contributed by atoms with Gasteiger partial charge in [-0.05, 0) is 12.8 Å². The summed E-state index contributed by atoms with van der Waals surface area (Å²) < 4.78 is 22.6. The Kier molecular flexibility index (Phi) is 5.78. The van der Waals surface area contributed by atoms with Crippen molar-refractivity contribution in [3.05, 3.63) is 0 Å². The van der Waals surface area contributed by atoms with Gasteiger partial charge in [-0.3, -0.25) is 9.59 Å². The fraction of sp³-hybridized carbons (Fsp3) is 0.833. The molecule has 1 fully saturated rings. The van der Waals surface area contributed by atoms with E-state index < -0.39 is 27.6 Å². The Hall–Kier alpha value is -1.11. The lowest BCUT2D eigenvalue weighted by molar-refractivity contribution is -0.148. The average molecular weight is 291 g/mol. The Bertz CT molecular complexity index is 431. The predicted molar refractivity (Wildman–Crippen MR) is 70.4 cm³/mol. The minimum absolute atomic E-state index is 0.0457. The Labute approximate surface area is 113 Å². The number of hydrogen-bond acceptors (Lipinski definition) is 4. The maximum absolute atomic E-state index is 11.9. The summed E-state index contributed by atoms with van der Waals surface area (Å²) in [6.07, 6.45) is 2.74. The Morgan fingerprint density at radius 2 is 1.79 bits per heavy atom. The first-order valence-electron chi connectivity index (χ1n) is 6.58. The third kappa shape index (κ3) is 4.81. The lowest BCUT2D eigenvalue weighted by Crippen LogP contribution is -2.41. The quantitative estimate of drug-likeness (QED) is 0.739. The van der Waals surface area contributed by atoms with Gasteiger partial charge >= 0.3 is 5.97 Å². The van der Waals surface area contributed by atoms with Crippen LogP contribution in [0.5, 0.6) is 0 Å². The van der Waals surface area contributed by atoms with Crippen molar-refractivity contribution >= 4 is 21.7 Å². The fourth-order valence-electron chi connectivity index (χ4n) is 2.35. The van der Waals surface area contributed by atoms with Crippen molar-refractivity contribution in [1.29, 1.82) is 0 Å². The van der Waals surface area contributed by atoms with Gasteiger partial charge in [0.1, 0.15) is 0 Å². The van der Waals surface area contributed by atoms with Crippen LogP contribution in [0.15, 0.2) is 0 Å². The van der Waals surface area contributed by atoms with E-state index in [1.165, 1.54) is 0 Å². The predicted octanol–water partition coefficient (Wildman–Crippen LogP) is 0.428. The first-order valence-corrected chi connectivity index (χ1v) is 8.40. The molecule has 0 aromatic rings. The van der Waals surface area contributed by atoms with Crippen LogP contribution in [0, 0.1) is 11.8 Å². The van der Waals surface area contributed by atoms with Crippen molar-refractivity contribution in [3.63, 3.8) is 0 Å². The van der Waals surface area contributed by atoms with Gasteiger partial charge < -0.3 is 10.4 Å². The largest absolute Gasteiger partial charge is 0.481 e. The molecule has 0 aromatic heterocycles. The van der Waals surface area contributed by atoms with Crippen LogP contribution in [0.3, 0.4) is 0 Å². The van der Waals surface area contributed by atoms with Crippen LogP contribution in [0.1, 0.15) is 32.6 Å². The molecular weight excluding hydrogens is 270 g/mol. The van der Waals surface area contributed by atoms with Gasteiger partial charge in [0.15, 0.2) is 9.84 Å². The van der Waals surface area contributed by atoms with Crippen molar-refractivity contribution in [2.24, 2.45) is 11.8 Å². The molecule has 2 N–H and O–H groups in total. The molecule has 2 atom stereocenters. The van der Waals surface area contributed by atoms with Crippen LogP contribution in [-0.4, -0.2) is 43.5 Å². The minimum atomic E-state index is -3.11. The van der Waals surface area contributed by atoms with E-state index in [0.717, 1.165) is 12.8 Å². The molecule has 6 nitrogen and oxygen atoms in total. The van der Waals surface area contributed by atoms with Crippen molar-refractivity contribution in [1.82, 2.24) is 5.32 Å². The summed E-state index contributed by atoms with van der Waals surface area (Å²) in [6, 6.07) is 0. The van der Waals surface area contributed by atoms with Gasteiger partial charge in [-0.25, -0.2) is 8.42 Å². The number of carbonyl (C=O) groups excluding carboxylic acids is 1. The summed E-state index contributed by atoms with van der Waals surface area (Å²) in [6.45, 7) is 1.61. The van der Waals surface area contributed by atoms with Gasteiger partial charge in [-0.15, -0.1) is 0 Å². The zero-order valence-corrected chi connectivity index (χ0v) is 11.9. The number of nitrogens with one attached hydrogen (secondary N) is 1. The SMILES string of the molecule is CCS(=O)(=O)CCNC(=O)[C@@H]1CCCC[C@@H]1C(=O)O. The van der Waals surface area contributed by atoms with Gasteiger partial charge in [0.05, 0.1) is 17.6 Å². The molecule has 1 saturated carbocycles. The normalized spacial score (nSPS) is 23.8. The molecule has 0 heterocycles. The zero-order chi connectivity index (χ0) is 14.5. The molecule has 0 saturated heterocycles. The molecule has 0 spiro atoms. The van der Waals surface area contributed by atoms with Gasteiger partial charge in [0.2, 0.25) is 5.91 Å². The molecule has 1 aliphatic rings. The average Bonchev–Trinajstić information content (AvgIpc) is 2.38. The number of carboxylic acid groups (broad SMARTS) is 1. The highest BCUT2D eigenvalue weighted by Crippen LogP contribution is 2.30. The van der Waals surface area contributed by atoms with E-state index in [1.807, 2.05) is 0 Å². The summed E-state index contributed by atoms with van der Waals surface area (Å²) in [5, 5.41) is 11.6. The molecule has 110 valence electrons. The van der Waals surface area contributed by atoms with Crippen molar-refractivity contribution in [3.8, 4) is 0 Å². The van der Waals surface area contributed by atoms with E-state index in [-0.39, 0.29) is 24.0 Å². The van der Waals surface area contributed by atoms with E-state index in [2.05, 4.69) is 5.32 Å². The summed E-state index contributed by atoms with van der Waals surface area (Å²) in [5.74, 6) is -2.50. The number of aliphatic carboxylic acids is 1. The van der Waals surface area contributed by atoms with Gasteiger partial charge in [-0.2, -0.15) is 0 Å². The summed E-state index contributed by atoms with van der Waals surface area (Å²) in [7, 11) is -3.11. The molecule has 1 rings (SSSR count). The van der Waals surface area contributed by atoms with Crippen LogP contribution in [0.4, 0.5) is 0 Å². The third-order valence-electron chi connectivity index (χ3n) is 3.57. The Balaban J connectivity index is 2.50. The molecule has 19 heavy (non-hydrogen) atoms. The first-order chi connectivity index (χ1) is 8.87. The molecule has 0 unspecified atom stereocenters. The Morgan fingerprint density at radius 3 is 2.32 bits per heavy atom. The third-order valence-corrected chi connectivity index (χ3v) is 5.28. The second-order valence-corrected chi connectivity index (χ2v) is 7.34. The Morgan fingerprint density at radius 1 is 1.21 bits per heavy atom. The van der Waals surface area contributed by atoms with E-state index >= 15 is 0 Å². The van der Waals surface area contributed by atoms with Gasteiger partial charge in [-0.1, -0.05) is 19.8 Å². The molecule has 0 aliphatic heterocycles. The monoisotopic (exact) mass is 291 g/mol. The number of carboxylic acids is 1.